The van der Waals surface area contributed by atoms with Crippen LogP contribution in [0.1, 0.15) is 37.4 Å². The molecule has 1 aliphatic carbocycles. The van der Waals surface area contributed by atoms with Crippen LogP contribution in [0.2, 0.25) is 0 Å². The lowest BCUT2D eigenvalue weighted by molar-refractivity contribution is 0.665. The molecule has 0 aliphatic heterocycles. The van der Waals surface area contributed by atoms with Crippen molar-refractivity contribution >= 4 is 5.82 Å². The van der Waals surface area contributed by atoms with Gasteiger partial charge in [-0.25, -0.2) is 4.98 Å². The summed E-state index contributed by atoms with van der Waals surface area (Å²) in [5.41, 5.74) is 5.35. The van der Waals surface area contributed by atoms with Crippen LogP contribution in [0.3, 0.4) is 0 Å². The van der Waals surface area contributed by atoms with Gasteiger partial charge < -0.3 is 10.7 Å². The Labute approximate surface area is 76.2 Å². The van der Waals surface area contributed by atoms with Crippen LogP contribution in [0.15, 0.2) is 10.9 Å². The molecule has 1 aromatic rings. The lowest BCUT2D eigenvalue weighted by Crippen LogP contribution is -2.14. The Morgan fingerprint density at radius 1 is 1.46 bits per heavy atom. The second-order valence-electron chi connectivity index (χ2n) is 3.54. The second kappa shape index (κ2) is 3.20. The van der Waals surface area contributed by atoms with E-state index in [1.807, 2.05) is 0 Å². The van der Waals surface area contributed by atoms with Crippen LogP contribution in [-0.2, 0) is 0 Å². The van der Waals surface area contributed by atoms with Gasteiger partial charge in [-0.05, 0) is 12.8 Å². The molecule has 0 radical (unpaired) electrons. The van der Waals surface area contributed by atoms with Crippen molar-refractivity contribution in [2.75, 3.05) is 5.73 Å². The summed E-state index contributed by atoms with van der Waals surface area (Å²) in [7, 11) is 0. The highest BCUT2D eigenvalue weighted by Crippen LogP contribution is 2.31. The fraction of sp³-hybridized carbons (Fsp3) is 0.556. The van der Waals surface area contributed by atoms with E-state index in [9.17, 15) is 4.79 Å². The zero-order valence-corrected chi connectivity index (χ0v) is 7.42. The minimum Gasteiger partial charge on any atom is -0.383 e. The van der Waals surface area contributed by atoms with Crippen LogP contribution in [0.25, 0.3) is 0 Å². The summed E-state index contributed by atoms with van der Waals surface area (Å²) in [6.45, 7) is 0. The highest BCUT2D eigenvalue weighted by molar-refractivity contribution is 5.26. The van der Waals surface area contributed by atoms with Crippen LogP contribution in [0.5, 0.6) is 0 Å². The molecule has 0 spiro atoms. The SMILES string of the molecule is Nc1cc(=O)[nH]c(C2CCCC2)n1. The van der Waals surface area contributed by atoms with Gasteiger partial charge in [0, 0.05) is 12.0 Å². The van der Waals surface area contributed by atoms with Crippen LogP contribution < -0.4 is 11.3 Å². The van der Waals surface area contributed by atoms with E-state index in [0.717, 1.165) is 18.7 Å². The maximum absolute atomic E-state index is 11.1. The van der Waals surface area contributed by atoms with Gasteiger partial charge in [-0.1, -0.05) is 12.8 Å². The molecular weight excluding hydrogens is 166 g/mol. The summed E-state index contributed by atoms with van der Waals surface area (Å²) in [5, 5.41) is 0. The molecule has 0 atom stereocenters. The standard InChI is InChI=1S/C9H13N3O/c10-7-5-8(13)12-9(11-7)6-3-1-2-4-6/h5-6H,1-4H2,(H3,10,11,12,13). The van der Waals surface area contributed by atoms with E-state index >= 15 is 0 Å². The molecule has 70 valence electrons. The number of aromatic amines is 1. The molecule has 1 aromatic heterocycles. The molecule has 1 fully saturated rings. The number of anilines is 1. The third-order valence-electron chi connectivity index (χ3n) is 2.52. The minimum absolute atomic E-state index is 0.144. The number of nitrogens with one attached hydrogen (secondary N) is 1. The molecule has 1 heterocycles. The number of rotatable bonds is 1. The molecule has 4 heteroatoms. The molecule has 13 heavy (non-hydrogen) atoms. The highest BCUT2D eigenvalue weighted by atomic mass is 16.1. The Balaban J connectivity index is 2.33. The Bertz CT molecular complexity index is 352. The number of hydrogen-bond acceptors (Lipinski definition) is 3. The third-order valence-corrected chi connectivity index (χ3v) is 2.52. The summed E-state index contributed by atoms with van der Waals surface area (Å²) in [6.07, 6.45) is 4.69. The van der Waals surface area contributed by atoms with Gasteiger partial charge in [0.15, 0.2) is 0 Å². The predicted octanol–water partition coefficient (Wildman–Crippen LogP) is 1.01. The van der Waals surface area contributed by atoms with Gasteiger partial charge >= 0.3 is 0 Å². The first-order chi connectivity index (χ1) is 6.25. The Morgan fingerprint density at radius 3 is 2.77 bits per heavy atom. The Kier molecular flexibility index (Phi) is 2.04. The molecule has 4 nitrogen and oxygen atoms in total. The first-order valence-electron chi connectivity index (χ1n) is 4.62. The largest absolute Gasteiger partial charge is 0.383 e. The van der Waals surface area contributed by atoms with Crippen LogP contribution in [0, 0.1) is 0 Å². The quantitative estimate of drug-likeness (QED) is 0.675. The lowest BCUT2D eigenvalue weighted by Gasteiger charge is -2.07. The molecule has 1 saturated carbocycles. The van der Waals surface area contributed by atoms with Gasteiger partial charge in [0.2, 0.25) is 0 Å². The van der Waals surface area contributed by atoms with E-state index in [4.69, 9.17) is 5.73 Å². The van der Waals surface area contributed by atoms with E-state index in [-0.39, 0.29) is 5.56 Å². The predicted molar refractivity (Wildman–Crippen MR) is 50.5 cm³/mol. The summed E-state index contributed by atoms with van der Waals surface area (Å²) >= 11 is 0. The van der Waals surface area contributed by atoms with E-state index in [1.165, 1.54) is 18.9 Å². The number of H-pyrrole nitrogens is 1. The first-order valence-corrected chi connectivity index (χ1v) is 4.62. The summed E-state index contributed by atoms with van der Waals surface area (Å²) in [5.74, 6) is 1.50. The van der Waals surface area contributed by atoms with Crippen LogP contribution in [0.4, 0.5) is 5.82 Å². The van der Waals surface area contributed by atoms with Crippen molar-refractivity contribution < 1.29 is 0 Å². The number of nitrogens with zero attached hydrogens (tertiary/aromatic N) is 1. The van der Waals surface area contributed by atoms with E-state index in [1.54, 1.807) is 0 Å². The smallest absolute Gasteiger partial charge is 0.252 e. The van der Waals surface area contributed by atoms with Gasteiger partial charge in [0.25, 0.3) is 5.56 Å². The second-order valence-corrected chi connectivity index (χ2v) is 3.54. The maximum atomic E-state index is 11.1. The molecule has 1 aliphatic rings. The summed E-state index contributed by atoms with van der Waals surface area (Å²) in [6, 6.07) is 1.32. The van der Waals surface area contributed by atoms with E-state index < -0.39 is 0 Å². The fourth-order valence-electron chi connectivity index (χ4n) is 1.89. The molecule has 2 rings (SSSR count). The summed E-state index contributed by atoms with van der Waals surface area (Å²) < 4.78 is 0. The first kappa shape index (κ1) is 8.29. The van der Waals surface area contributed by atoms with Gasteiger partial charge in [0.05, 0.1) is 0 Å². The fourth-order valence-corrected chi connectivity index (χ4v) is 1.89. The van der Waals surface area contributed by atoms with Crippen LogP contribution >= 0.6 is 0 Å². The number of nitrogen functional groups attached to an aromatic ring is 1. The molecule has 0 aromatic carbocycles. The molecule has 0 saturated heterocycles. The average molecular weight is 179 g/mol. The monoisotopic (exact) mass is 179 g/mol. The maximum Gasteiger partial charge on any atom is 0.252 e. The van der Waals surface area contributed by atoms with Crippen LogP contribution in [-0.4, -0.2) is 9.97 Å². The van der Waals surface area contributed by atoms with Gasteiger partial charge in [-0.2, -0.15) is 0 Å². The van der Waals surface area contributed by atoms with Crippen molar-refractivity contribution in [3.05, 3.63) is 22.2 Å². The third kappa shape index (κ3) is 1.71. The number of hydrogen-bond donors (Lipinski definition) is 2. The van der Waals surface area contributed by atoms with Gasteiger partial charge in [-0.15, -0.1) is 0 Å². The zero-order chi connectivity index (χ0) is 9.26. The van der Waals surface area contributed by atoms with E-state index in [2.05, 4.69) is 9.97 Å². The van der Waals surface area contributed by atoms with Crippen molar-refractivity contribution in [3.63, 3.8) is 0 Å². The number of aromatic nitrogens is 2. The minimum atomic E-state index is -0.144. The van der Waals surface area contributed by atoms with Crippen molar-refractivity contribution in [3.8, 4) is 0 Å². The molecule has 0 bridgehead atoms. The average Bonchev–Trinajstić information content (AvgIpc) is 2.53. The van der Waals surface area contributed by atoms with Gasteiger partial charge in [-0.3, -0.25) is 4.79 Å². The Hall–Kier alpha value is -1.32. The number of nitrogens with two attached hydrogens (primary N) is 1. The molecule has 3 N–H and O–H groups in total. The Morgan fingerprint density at radius 2 is 2.15 bits per heavy atom. The van der Waals surface area contributed by atoms with Crippen molar-refractivity contribution in [2.45, 2.75) is 31.6 Å². The topological polar surface area (TPSA) is 71.8 Å². The molecule has 0 amide bonds. The normalized spacial score (nSPS) is 17.8. The van der Waals surface area contributed by atoms with Crippen molar-refractivity contribution in [1.82, 2.24) is 9.97 Å². The highest BCUT2D eigenvalue weighted by Gasteiger charge is 2.19. The van der Waals surface area contributed by atoms with E-state index in [0.29, 0.717) is 11.7 Å². The molecular formula is C9H13N3O. The lowest BCUT2D eigenvalue weighted by atomic mass is 10.1. The van der Waals surface area contributed by atoms with Gasteiger partial charge in [0.1, 0.15) is 11.6 Å². The molecule has 0 unspecified atom stereocenters. The summed E-state index contributed by atoms with van der Waals surface area (Å²) in [4.78, 5) is 18.0. The van der Waals surface area contributed by atoms with Crippen molar-refractivity contribution in [1.29, 1.82) is 0 Å². The van der Waals surface area contributed by atoms with Crippen molar-refractivity contribution in [2.24, 2.45) is 0 Å². The zero-order valence-electron chi connectivity index (χ0n) is 7.42.